The fraction of sp³-hybridized carbons (Fsp3) is 0.423. The summed E-state index contributed by atoms with van der Waals surface area (Å²) in [6, 6.07) is 16.3. The molecule has 6 rings (SSSR count). The van der Waals surface area contributed by atoms with Gasteiger partial charge in [-0.3, -0.25) is 4.31 Å². The first kappa shape index (κ1) is 22.4. The molecule has 9 heteroatoms. The molecule has 8 nitrogen and oxygen atoms in total. The molecule has 1 atom stereocenters. The van der Waals surface area contributed by atoms with Crippen molar-refractivity contribution in [2.45, 2.75) is 37.8 Å². The molecular weight excluding hydrogens is 466 g/mol. The molecule has 1 aromatic heterocycles. The van der Waals surface area contributed by atoms with Gasteiger partial charge in [-0.05, 0) is 61.6 Å². The molecule has 0 spiro atoms. The van der Waals surface area contributed by atoms with E-state index in [0.717, 1.165) is 35.0 Å². The van der Waals surface area contributed by atoms with Gasteiger partial charge >= 0.3 is 0 Å². The summed E-state index contributed by atoms with van der Waals surface area (Å²) in [7, 11) is -3.24. The van der Waals surface area contributed by atoms with E-state index in [9.17, 15) is 13.7 Å². The zero-order chi connectivity index (χ0) is 24.0. The van der Waals surface area contributed by atoms with E-state index in [2.05, 4.69) is 10.6 Å². The maximum atomic E-state index is 12.3. The van der Waals surface area contributed by atoms with Gasteiger partial charge in [-0.15, -0.1) is 0 Å². The fourth-order valence-electron chi connectivity index (χ4n) is 5.18. The highest BCUT2D eigenvalue weighted by Gasteiger charge is 2.30. The highest BCUT2D eigenvalue weighted by atomic mass is 32.2. The van der Waals surface area contributed by atoms with Crippen LogP contribution in [0.15, 0.2) is 42.5 Å². The van der Waals surface area contributed by atoms with Gasteiger partial charge in [-0.1, -0.05) is 12.1 Å². The van der Waals surface area contributed by atoms with Gasteiger partial charge in [0.05, 0.1) is 34.8 Å². The fourth-order valence-corrected chi connectivity index (χ4v) is 6.74. The molecule has 1 aliphatic carbocycles. The van der Waals surface area contributed by atoms with E-state index >= 15 is 0 Å². The Morgan fingerprint density at radius 2 is 1.94 bits per heavy atom. The van der Waals surface area contributed by atoms with Crippen LogP contribution in [0.25, 0.3) is 22.2 Å². The van der Waals surface area contributed by atoms with Crippen molar-refractivity contribution in [3.8, 4) is 23.1 Å². The van der Waals surface area contributed by atoms with E-state index in [-0.39, 0.29) is 11.9 Å². The number of rotatable bonds is 6. The van der Waals surface area contributed by atoms with Crippen LogP contribution in [0.4, 0.5) is 5.69 Å². The van der Waals surface area contributed by atoms with Gasteiger partial charge in [0.2, 0.25) is 10.0 Å². The average molecular weight is 494 g/mol. The minimum atomic E-state index is -3.24. The molecule has 0 bridgehead atoms. The van der Waals surface area contributed by atoms with Crippen LogP contribution >= 0.6 is 0 Å². The second-order valence-electron chi connectivity index (χ2n) is 9.35. The number of fused-ring (bicyclic) bond motifs is 1. The topological polar surface area (TPSA) is 93.8 Å². The van der Waals surface area contributed by atoms with Crippen molar-refractivity contribution in [1.82, 2.24) is 4.57 Å². The molecule has 0 amide bonds. The molecule has 182 valence electrons. The minimum Gasteiger partial charge on any atom is -0.491 e. The number of hydrogen-bond donors (Lipinski definition) is 0. The third-order valence-corrected chi connectivity index (χ3v) is 9.05. The van der Waals surface area contributed by atoms with E-state index in [1.807, 2.05) is 42.5 Å². The smallest absolute Gasteiger partial charge is 0.235 e. The Balaban J connectivity index is 1.40. The third-order valence-electron chi connectivity index (χ3n) is 7.18. The van der Waals surface area contributed by atoms with Gasteiger partial charge in [-0.2, -0.15) is 5.26 Å². The van der Waals surface area contributed by atoms with Crippen LogP contribution < -0.4 is 9.04 Å². The van der Waals surface area contributed by atoms with E-state index in [1.165, 1.54) is 10.7 Å². The zero-order valence-corrected chi connectivity index (χ0v) is 20.2. The maximum absolute atomic E-state index is 12.3. The van der Waals surface area contributed by atoms with Crippen molar-refractivity contribution in [2.24, 2.45) is 0 Å². The Bertz CT molecular complexity index is 1400. The van der Waals surface area contributed by atoms with Crippen LogP contribution in [0.3, 0.4) is 0 Å². The highest BCUT2D eigenvalue weighted by molar-refractivity contribution is 7.93. The molecule has 1 saturated carbocycles. The van der Waals surface area contributed by atoms with E-state index in [1.54, 1.807) is 0 Å². The van der Waals surface area contributed by atoms with Crippen molar-refractivity contribution in [1.29, 1.82) is 5.26 Å². The number of anilines is 1. The van der Waals surface area contributed by atoms with Gasteiger partial charge in [0.25, 0.3) is 0 Å². The van der Waals surface area contributed by atoms with Crippen LogP contribution in [-0.2, 0) is 19.5 Å². The van der Waals surface area contributed by atoms with Crippen LogP contribution in [0, 0.1) is 11.3 Å². The number of benzene rings is 2. The summed E-state index contributed by atoms with van der Waals surface area (Å²) in [5.41, 5.74) is 4.08. The summed E-state index contributed by atoms with van der Waals surface area (Å²) in [5.74, 6) is 0.879. The summed E-state index contributed by atoms with van der Waals surface area (Å²) < 4.78 is 45.1. The van der Waals surface area contributed by atoms with Crippen molar-refractivity contribution in [3.05, 3.63) is 48.0 Å². The average Bonchev–Trinajstić information content (AvgIpc) is 3.54. The first-order chi connectivity index (χ1) is 17.0. The van der Waals surface area contributed by atoms with Crippen LogP contribution in [-0.4, -0.2) is 51.4 Å². The normalized spacial score (nSPS) is 21.8. The summed E-state index contributed by atoms with van der Waals surface area (Å²) in [6.07, 6.45) is 3.87. The highest BCUT2D eigenvalue weighted by Crippen LogP contribution is 2.43. The summed E-state index contributed by atoms with van der Waals surface area (Å²) in [4.78, 5) is 0. The lowest BCUT2D eigenvalue weighted by atomic mass is 9.92. The summed E-state index contributed by atoms with van der Waals surface area (Å²) in [6.45, 7) is 1.71. The first-order valence-electron chi connectivity index (χ1n) is 12.1. The van der Waals surface area contributed by atoms with Crippen LogP contribution in [0.2, 0.25) is 0 Å². The molecule has 3 aliphatic rings. The predicted octanol–water partition coefficient (Wildman–Crippen LogP) is 4.20. The van der Waals surface area contributed by atoms with Gasteiger partial charge in [0, 0.05) is 18.0 Å². The van der Waals surface area contributed by atoms with Gasteiger partial charge in [0.15, 0.2) is 0 Å². The van der Waals surface area contributed by atoms with E-state index < -0.39 is 10.0 Å². The quantitative estimate of drug-likeness (QED) is 0.511. The maximum Gasteiger partial charge on any atom is 0.235 e. The summed E-state index contributed by atoms with van der Waals surface area (Å²) >= 11 is 0. The second kappa shape index (κ2) is 8.86. The zero-order valence-electron chi connectivity index (χ0n) is 19.4. The second-order valence-corrected chi connectivity index (χ2v) is 11.4. The third kappa shape index (κ3) is 3.96. The molecule has 3 fully saturated rings. The molecule has 35 heavy (non-hydrogen) atoms. The summed E-state index contributed by atoms with van der Waals surface area (Å²) in [5, 5.41) is 11.1. The lowest BCUT2D eigenvalue weighted by Gasteiger charge is -2.30. The van der Waals surface area contributed by atoms with Crippen molar-refractivity contribution >= 4 is 26.6 Å². The molecule has 3 heterocycles. The SMILES string of the molecule is N#Cc1c(-c2ccc(N3CCCS3(=O)=O)cc2)n(C2CCC2)c2ccc(OCC3COCO3)cc12. The van der Waals surface area contributed by atoms with Gasteiger partial charge in [0.1, 0.15) is 31.3 Å². The number of nitriles is 1. The van der Waals surface area contributed by atoms with Crippen molar-refractivity contribution in [2.75, 3.05) is 36.6 Å². The van der Waals surface area contributed by atoms with Gasteiger partial charge in [-0.25, -0.2) is 8.42 Å². The molecule has 2 aliphatic heterocycles. The first-order valence-corrected chi connectivity index (χ1v) is 13.7. The monoisotopic (exact) mass is 493 g/mol. The molecule has 1 unspecified atom stereocenters. The molecule has 2 aromatic carbocycles. The molecule has 2 saturated heterocycles. The Kier molecular flexibility index (Phi) is 5.67. The predicted molar refractivity (Wildman–Crippen MR) is 132 cm³/mol. The van der Waals surface area contributed by atoms with Gasteiger partial charge < -0.3 is 18.8 Å². The molecule has 0 N–H and O–H groups in total. The number of aromatic nitrogens is 1. The lowest BCUT2D eigenvalue weighted by Crippen LogP contribution is -2.24. The number of ether oxygens (including phenoxy) is 3. The minimum absolute atomic E-state index is 0.0887. The van der Waals surface area contributed by atoms with E-state index in [4.69, 9.17) is 14.2 Å². The molecule has 3 aromatic rings. The number of hydrogen-bond acceptors (Lipinski definition) is 6. The molecule has 0 radical (unpaired) electrons. The standard InChI is InChI=1S/C26H27N3O5S/c27-14-24-23-13-21(33-16-22-15-32-17-34-22)9-10-25(23)29(20-3-1-4-20)26(24)18-5-7-19(8-6-18)28-11-2-12-35(28,30)31/h5-10,13,20,22H,1-4,11-12,15-17H2. The van der Waals surface area contributed by atoms with E-state index in [0.29, 0.717) is 56.0 Å². The number of sulfonamides is 1. The molecular formula is C26H27N3O5S. The Labute approximate surface area is 204 Å². The van der Waals surface area contributed by atoms with Crippen molar-refractivity contribution in [3.63, 3.8) is 0 Å². The lowest BCUT2D eigenvalue weighted by molar-refractivity contribution is 0.0320. The van der Waals surface area contributed by atoms with Crippen LogP contribution in [0.5, 0.6) is 5.75 Å². The number of nitrogens with zero attached hydrogens (tertiary/aromatic N) is 3. The van der Waals surface area contributed by atoms with Crippen molar-refractivity contribution < 1.29 is 22.6 Å². The Hall–Kier alpha value is -3.06. The Morgan fingerprint density at radius 3 is 2.57 bits per heavy atom. The Morgan fingerprint density at radius 1 is 1.11 bits per heavy atom. The van der Waals surface area contributed by atoms with Crippen LogP contribution in [0.1, 0.15) is 37.3 Å². The largest absolute Gasteiger partial charge is 0.491 e.